The fourth-order valence-corrected chi connectivity index (χ4v) is 2.56. The van der Waals surface area contributed by atoms with Crippen molar-refractivity contribution in [3.63, 3.8) is 0 Å². The first kappa shape index (κ1) is 12.1. The molecular formula is C17H19NO. The first-order valence-electron chi connectivity index (χ1n) is 6.87. The number of benzene rings is 2. The first-order chi connectivity index (χ1) is 9.33. The number of rotatable bonds is 3. The summed E-state index contributed by atoms with van der Waals surface area (Å²) in [5.41, 5.74) is 5.04. The summed E-state index contributed by atoms with van der Waals surface area (Å²) in [6.45, 7) is 3.77. The van der Waals surface area contributed by atoms with E-state index in [0.717, 1.165) is 18.7 Å². The van der Waals surface area contributed by atoms with Gasteiger partial charge in [0.25, 0.3) is 0 Å². The summed E-state index contributed by atoms with van der Waals surface area (Å²) in [7, 11) is 0. The van der Waals surface area contributed by atoms with Gasteiger partial charge in [-0.2, -0.15) is 0 Å². The summed E-state index contributed by atoms with van der Waals surface area (Å²) in [6, 6.07) is 14.8. The molecule has 3 rings (SSSR count). The molecule has 0 radical (unpaired) electrons. The molecule has 0 bridgehead atoms. The lowest BCUT2D eigenvalue weighted by Gasteiger charge is -2.21. The van der Waals surface area contributed by atoms with Crippen molar-refractivity contribution in [1.82, 2.24) is 0 Å². The zero-order valence-corrected chi connectivity index (χ0v) is 11.3. The van der Waals surface area contributed by atoms with E-state index >= 15 is 0 Å². The van der Waals surface area contributed by atoms with Crippen molar-refractivity contribution in [1.29, 1.82) is 0 Å². The van der Waals surface area contributed by atoms with Gasteiger partial charge in [-0.05, 0) is 37.0 Å². The SMILES string of the molecule is Cc1cccc(COc2cccc3c2NCCC3)c1. The maximum Gasteiger partial charge on any atom is 0.143 e. The average Bonchev–Trinajstić information content (AvgIpc) is 2.45. The van der Waals surface area contributed by atoms with Crippen molar-refractivity contribution in [2.75, 3.05) is 11.9 Å². The number of para-hydroxylation sites is 1. The van der Waals surface area contributed by atoms with Gasteiger partial charge in [0.05, 0.1) is 5.69 Å². The van der Waals surface area contributed by atoms with Crippen LogP contribution in [0.15, 0.2) is 42.5 Å². The van der Waals surface area contributed by atoms with E-state index in [0.29, 0.717) is 6.61 Å². The minimum absolute atomic E-state index is 0.625. The Morgan fingerprint density at radius 3 is 2.95 bits per heavy atom. The number of nitrogens with one attached hydrogen (secondary N) is 1. The van der Waals surface area contributed by atoms with Crippen LogP contribution in [0.4, 0.5) is 5.69 Å². The molecule has 2 aromatic rings. The number of aryl methyl sites for hydroxylation is 2. The van der Waals surface area contributed by atoms with Crippen molar-refractivity contribution in [3.8, 4) is 5.75 Å². The topological polar surface area (TPSA) is 21.3 Å². The molecular weight excluding hydrogens is 234 g/mol. The highest BCUT2D eigenvalue weighted by Gasteiger charge is 2.13. The van der Waals surface area contributed by atoms with Gasteiger partial charge in [-0.1, -0.05) is 42.0 Å². The van der Waals surface area contributed by atoms with Gasteiger partial charge in [0.1, 0.15) is 12.4 Å². The number of anilines is 1. The summed E-state index contributed by atoms with van der Waals surface area (Å²) in [4.78, 5) is 0. The molecule has 0 amide bonds. The van der Waals surface area contributed by atoms with Crippen molar-refractivity contribution in [3.05, 3.63) is 59.2 Å². The second-order valence-electron chi connectivity index (χ2n) is 5.10. The van der Waals surface area contributed by atoms with Gasteiger partial charge >= 0.3 is 0 Å². The Balaban J connectivity index is 1.77. The molecule has 0 atom stereocenters. The molecule has 0 aliphatic carbocycles. The Bertz CT molecular complexity index is 577. The van der Waals surface area contributed by atoms with Gasteiger partial charge < -0.3 is 10.1 Å². The third kappa shape index (κ3) is 2.73. The molecule has 0 aromatic heterocycles. The van der Waals surface area contributed by atoms with Gasteiger partial charge in [-0.15, -0.1) is 0 Å². The molecule has 1 N–H and O–H groups in total. The summed E-state index contributed by atoms with van der Waals surface area (Å²) >= 11 is 0. The van der Waals surface area contributed by atoms with Crippen LogP contribution in [-0.4, -0.2) is 6.54 Å². The standard InChI is InChI=1S/C17H19NO/c1-13-5-2-6-14(11-13)12-19-16-9-3-7-15-8-4-10-18-17(15)16/h2-3,5-7,9,11,18H,4,8,10,12H2,1H3. The zero-order chi connectivity index (χ0) is 13.1. The van der Waals surface area contributed by atoms with Crippen molar-refractivity contribution in [2.45, 2.75) is 26.4 Å². The van der Waals surface area contributed by atoms with E-state index in [1.807, 2.05) is 6.07 Å². The molecule has 0 saturated carbocycles. The minimum Gasteiger partial charge on any atom is -0.487 e. The van der Waals surface area contributed by atoms with Crippen LogP contribution in [-0.2, 0) is 13.0 Å². The molecule has 1 aliphatic heterocycles. The van der Waals surface area contributed by atoms with E-state index in [2.05, 4.69) is 48.6 Å². The van der Waals surface area contributed by atoms with Crippen molar-refractivity contribution in [2.24, 2.45) is 0 Å². The molecule has 19 heavy (non-hydrogen) atoms. The van der Waals surface area contributed by atoms with Crippen LogP contribution in [0, 0.1) is 6.92 Å². The van der Waals surface area contributed by atoms with Crippen LogP contribution in [0.3, 0.4) is 0 Å². The summed E-state index contributed by atoms with van der Waals surface area (Å²) in [5.74, 6) is 0.971. The highest BCUT2D eigenvalue weighted by molar-refractivity contribution is 5.63. The van der Waals surface area contributed by atoms with E-state index in [1.165, 1.54) is 28.8 Å². The summed E-state index contributed by atoms with van der Waals surface area (Å²) in [5, 5.41) is 3.45. The second-order valence-corrected chi connectivity index (χ2v) is 5.10. The van der Waals surface area contributed by atoms with Gasteiger partial charge in [0.15, 0.2) is 0 Å². The Labute approximate surface area is 114 Å². The van der Waals surface area contributed by atoms with Gasteiger partial charge in [-0.25, -0.2) is 0 Å². The maximum absolute atomic E-state index is 5.98. The summed E-state index contributed by atoms with van der Waals surface area (Å²) in [6.07, 6.45) is 2.35. The van der Waals surface area contributed by atoms with Crippen LogP contribution in [0.25, 0.3) is 0 Å². The predicted octanol–water partition coefficient (Wildman–Crippen LogP) is 3.93. The molecule has 2 nitrogen and oxygen atoms in total. The maximum atomic E-state index is 5.98. The van der Waals surface area contributed by atoms with E-state index in [1.54, 1.807) is 0 Å². The lowest BCUT2D eigenvalue weighted by atomic mass is 10.0. The lowest BCUT2D eigenvalue weighted by Crippen LogP contribution is -2.13. The molecule has 2 aromatic carbocycles. The van der Waals surface area contributed by atoms with E-state index in [9.17, 15) is 0 Å². The third-order valence-electron chi connectivity index (χ3n) is 3.51. The van der Waals surface area contributed by atoms with Crippen molar-refractivity contribution < 1.29 is 4.74 Å². The van der Waals surface area contributed by atoms with Crippen LogP contribution < -0.4 is 10.1 Å². The monoisotopic (exact) mass is 253 g/mol. The zero-order valence-electron chi connectivity index (χ0n) is 11.3. The third-order valence-corrected chi connectivity index (χ3v) is 3.51. The fourth-order valence-electron chi connectivity index (χ4n) is 2.56. The number of hydrogen-bond donors (Lipinski definition) is 1. The van der Waals surface area contributed by atoms with Crippen molar-refractivity contribution >= 4 is 5.69 Å². The highest BCUT2D eigenvalue weighted by Crippen LogP contribution is 2.32. The molecule has 0 spiro atoms. The molecule has 0 unspecified atom stereocenters. The quantitative estimate of drug-likeness (QED) is 0.894. The average molecular weight is 253 g/mol. The lowest BCUT2D eigenvalue weighted by molar-refractivity contribution is 0.307. The van der Waals surface area contributed by atoms with E-state index in [4.69, 9.17) is 4.74 Å². The predicted molar refractivity (Wildman–Crippen MR) is 78.8 cm³/mol. The van der Waals surface area contributed by atoms with Gasteiger partial charge in [0, 0.05) is 6.54 Å². The first-order valence-corrected chi connectivity index (χ1v) is 6.87. The molecule has 1 aliphatic rings. The Kier molecular flexibility index (Phi) is 3.41. The van der Waals surface area contributed by atoms with Gasteiger partial charge in [-0.3, -0.25) is 0 Å². The largest absolute Gasteiger partial charge is 0.487 e. The van der Waals surface area contributed by atoms with E-state index < -0.39 is 0 Å². The van der Waals surface area contributed by atoms with Crippen LogP contribution in [0.5, 0.6) is 5.75 Å². The molecule has 2 heteroatoms. The number of hydrogen-bond acceptors (Lipinski definition) is 2. The van der Waals surface area contributed by atoms with E-state index in [-0.39, 0.29) is 0 Å². The smallest absolute Gasteiger partial charge is 0.143 e. The summed E-state index contributed by atoms with van der Waals surface area (Å²) < 4.78 is 5.98. The molecule has 98 valence electrons. The van der Waals surface area contributed by atoms with Gasteiger partial charge in [0.2, 0.25) is 0 Å². The second kappa shape index (κ2) is 5.35. The Morgan fingerprint density at radius 2 is 2.05 bits per heavy atom. The van der Waals surface area contributed by atoms with Crippen LogP contribution in [0.2, 0.25) is 0 Å². The molecule has 0 fully saturated rings. The minimum atomic E-state index is 0.625. The number of ether oxygens (including phenoxy) is 1. The molecule has 0 saturated heterocycles. The fraction of sp³-hybridized carbons (Fsp3) is 0.294. The van der Waals surface area contributed by atoms with Crippen LogP contribution in [0.1, 0.15) is 23.1 Å². The normalized spacial score (nSPS) is 13.5. The molecule has 1 heterocycles. The number of fused-ring (bicyclic) bond motifs is 1. The Hall–Kier alpha value is -1.96. The Morgan fingerprint density at radius 1 is 1.16 bits per heavy atom. The highest BCUT2D eigenvalue weighted by atomic mass is 16.5. The van der Waals surface area contributed by atoms with Crippen LogP contribution >= 0.6 is 0 Å².